The molecule has 0 saturated carbocycles. The number of aliphatic hydroxyl groups is 1. The highest BCUT2D eigenvalue weighted by Crippen LogP contribution is 2.27. The van der Waals surface area contributed by atoms with Crippen LogP contribution in [0.15, 0.2) is 18.5 Å². The van der Waals surface area contributed by atoms with Gasteiger partial charge in [-0.05, 0) is 12.5 Å². The summed E-state index contributed by atoms with van der Waals surface area (Å²) in [5.41, 5.74) is 0.523. The molecular weight excluding hydrogens is 276 g/mol. The van der Waals surface area contributed by atoms with E-state index in [1.807, 2.05) is 4.90 Å². The lowest BCUT2D eigenvalue weighted by Crippen LogP contribution is -2.48. The van der Waals surface area contributed by atoms with E-state index < -0.39 is 4.92 Å². The lowest BCUT2D eigenvalue weighted by molar-refractivity contribution is -0.384. The fraction of sp³-hybridized carbons (Fsp3) is 0.538. The first-order valence-corrected chi connectivity index (χ1v) is 6.85. The van der Waals surface area contributed by atoms with Gasteiger partial charge in [-0.1, -0.05) is 0 Å². The van der Waals surface area contributed by atoms with Crippen molar-refractivity contribution in [1.82, 2.24) is 9.88 Å². The van der Waals surface area contributed by atoms with E-state index in [1.165, 1.54) is 12.4 Å². The molecule has 0 radical (unpaired) electrons. The molecule has 0 unspecified atom stereocenters. The van der Waals surface area contributed by atoms with Gasteiger partial charge in [-0.25, -0.2) is 0 Å². The van der Waals surface area contributed by atoms with E-state index >= 15 is 0 Å². The van der Waals surface area contributed by atoms with Crippen molar-refractivity contribution in [2.75, 3.05) is 37.7 Å². The number of hydrogen-bond acceptors (Lipinski definition) is 6. The highest BCUT2D eigenvalue weighted by atomic mass is 16.6. The van der Waals surface area contributed by atoms with E-state index in [0.29, 0.717) is 44.7 Å². The van der Waals surface area contributed by atoms with Gasteiger partial charge in [-0.15, -0.1) is 0 Å². The van der Waals surface area contributed by atoms with E-state index in [0.717, 1.165) is 0 Å². The summed E-state index contributed by atoms with van der Waals surface area (Å²) >= 11 is 0. The number of rotatable bonds is 5. The molecule has 0 spiro atoms. The Morgan fingerprint density at radius 2 is 2.10 bits per heavy atom. The van der Waals surface area contributed by atoms with Crippen molar-refractivity contribution in [2.24, 2.45) is 0 Å². The molecule has 1 aliphatic rings. The van der Waals surface area contributed by atoms with Crippen LogP contribution in [-0.2, 0) is 4.79 Å². The summed E-state index contributed by atoms with van der Waals surface area (Å²) in [6, 6.07) is 1.63. The number of hydrogen-bond donors (Lipinski definition) is 1. The van der Waals surface area contributed by atoms with Gasteiger partial charge >= 0.3 is 5.69 Å². The molecule has 21 heavy (non-hydrogen) atoms. The van der Waals surface area contributed by atoms with Crippen LogP contribution in [0.3, 0.4) is 0 Å². The van der Waals surface area contributed by atoms with Crippen LogP contribution in [0.1, 0.15) is 12.8 Å². The van der Waals surface area contributed by atoms with Crippen LogP contribution in [0.25, 0.3) is 0 Å². The first-order valence-electron chi connectivity index (χ1n) is 6.85. The fourth-order valence-corrected chi connectivity index (χ4v) is 2.37. The van der Waals surface area contributed by atoms with E-state index in [1.54, 1.807) is 11.0 Å². The third-order valence-electron chi connectivity index (χ3n) is 3.50. The minimum absolute atomic E-state index is 0.00884. The predicted octanol–water partition coefficient (Wildman–Crippen LogP) is 0.411. The van der Waals surface area contributed by atoms with Gasteiger partial charge in [0.15, 0.2) is 0 Å². The second-order valence-electron chi connectivity index (χ2n) is 4.82. The highest BCUT2D eigenvalue weighted by molar-refractivity contribution is 5.76. The van der Waals surface area contributed by atoms with Crippen LogP contribution in [0.2, 0.25) is 0 Å². The zero-order valence-corrected chi connectivity index (χ0v) is 11.6. The second kappa shape index (κ2) is 6.98. The van der Waals surface area contributed by atoms with Crippen LogP contribution in [0, 0.1) is 10.1 Å². The number of piperazine rings is 1. The summed E-state index contributed by atoms with van der Waals surface area (Å²) in [6.45, 7) is 2.17. The molecular formula is C13H18N4O4. The largest absolute Gasteiger partial charge is 0.396 e. The van der Waals surface area contributed by atoms with Gasteiger partial charge in [0.05, 0.1) is 4.92 Å². The van der Waals surface area contributed by atoms with Gasteiger partial charge in [0.1, 0.15) is 11.9 Å². The van der Waals surface area contributed by atoms with Crippen LogP contribution in [-0.4, -0.2) is 58.6 Å². The van der Waals surface area contributed by atoms with E-state index in [9.17, 15) is 14.9 Å². The SMILES string of the molecule is O=C(CCCO)N1CCN(c2ccncc2[N+](=O)[O-])CC1. The van der Waals surface area contributed by atoms with Crippen LogP contribution >= 0.6 is 0 Å². The van der Waals surface area contributed by atoms with Crippen molar-refractivity contribution in [2.45, 2.75) is 12.8 Å². The fourth-order valence-electron chi connectivity index (χ4n) is 2.37. The number of amides is 1. The zero-order chi connectivity index (χ0) is 15.2. The summed E-state index contributed by atoms with van der Waals surface area (Å²) < 4.78 is 0. The molecule has 0 atom stereocenters. The highest BCUT2D eigenvalue weighted by Gasteiger charge is 2.25. The van der Waals surface area contributed by atoms with Crippen molar-refractivity contribution >= 4 is 17.3 Å². The zero-order valence-electron chi connectivity index (χ0n) is 11.6. The van der Waals surface area contributed by atoms with Gasteiger partial charge in [0, 0.05) is 45.4 Å². The molecule has 1 saturated heterocycles. The van der Waals surface area contributed by atoms with Crippen LogP contribution < -0.4 is 4.90 Å². The van der Waals surface area contributed by atoms with Gasteiger partial charge in [-0.2, -0.15) is 0 Å². The Kier molecular flexibility index (Phi) is 5.04. The molecule has 1 aromatic rings. The Hall–Kier alpha value is -2.22. The van der Waals surface area contributed by atoms with E-state index in [2.05, 4.69) is 4.98 Å². The molecule has 0 bridgehead atoms. The number of carbonyl (C=O) groups excluding carboxylic acids is 1. The van der Waals surface area contributed by atoms with Crippen molar-refractivity contribution in [3.05, 3.63) is 28.6 Å². The summed E-state index contributed by atoms with van der Waals surface area (Å²) in [5, 5.41) is 19.7. The van der Waals surface area contributed by atoms with Crippen molar-refractivity contribution in [3.8, 4) is 0 Å². The Bertz CT molecular complexity index is 515. The van der Waals surface area contributed by atoms with Crippen molar-refractivity contribution in [1.29, 1.82) is 0 Å². The molecule has 1 amide bonds. The number of anilines is 1. The van der Waals surface area contributed by atoms with Gasteiger partial charge in [-0.3, -0.25) is 19.9 Å². The third kappa shape index (κ3) is 3.66. The molecule has 1 aromatic heterocycles. The molecule has 0 aliphatic carbocycles. The molecule has 114 valence electrons. The minimum Gasteiger partial charge on any atom is -0.396 e. The standard InChI is InChI=1S/C13H18N4O4/c18-9-1-2-13(19)16-7-5-15(6-8-16)11-3-4-14-10-12(11)17(20)21/h3-4,10,18H,1-2,5-9H2. The molecule has 1 N–H and O–H groups in total. The van der Waals surface area contributed by atoms with E-state index in [-0.39, 0.29) is 18.2 Å². The van der Waals surface area contributed by atoms with Gasteiger partial charge in [0.2, 0.25) is 5.91 Å². The van der Waals surface area contributed by atoms with E-state index in [4.69, 9.17) is 5.11 Å². The third-order valence-corrected chi connectivity index (χ3v) is 3.50. The van der Waals surface area contributed by atoms with Crippen molar-refractivity contribution in [3.63, 3.8) is 0 Å². The Labute approximate surface area is 122 Å². The molecule has 2 rings (SSSR count). The first-order chi connectivity index (χ1) is 10.1. The monoisotopic (exact) mass is 294 g/mol. The van der Waals surface area contributed by atoms with Crippen molar-refractivity contribution < 1.29 is 14.8 Å². The minimum atomic E-state index is -0.443. The summed E-state index contributed by atoms with van der Waals surface area (Å²) in [6.07, 6.45) is 3.58. The van der Waals surface area contributed by atoms with Gasteiger partial charge < -0.3 is 14.9 Å². The maximum absolute atomic E-state index is 11.9. The number of nitrogens with zero attached hydrogens (tertiary/aromatic N) is 4. The number of pyridine rings is 1. The topological polar surface area (TPSA) is 99.8 Å². The Balaban J connectivity index is 1.98. The number of carbonyl (C=O) groups is 1. The molecule has 2 heterocycles. The predicted molar refractivity (Wildman–Crippen MR) is 76.0 cm³/mol. The van der Waals surface area contributed by atoms with Crippen LogP contribution in [0.4, 0.5) is 11.4 Å². The molecule has 8 heteroatoms. The molecule has 0 aromatic carbocycles. The molecule has 1 fully saturated rings. The number of aromatic nitrogens is 1. The average molecular weight is 294 g/mol. The lowest BCUT2D eigenvalue weighted by atomic mass is 10.2. The van der Waals surface area contributed by atoms with Crippen LogP contribution in [0.5, 0.6) is 0 Å². The summed E-state index contributed by atoms with van der Waals surface area (Å²) in [4.78, 5) is 29.8. The smallest absolute Gasteiger partial charge is 0.310 e. The lowest BCUT2D eigenvalue weighted by Gasteiger charge is -2.35. The number of nitro groups is 1. The average Bonchev–Trinajstić information content (AvgIpc) is 2.52. The number of aliphatic hydroxyl groups excluding tert-OH is 1. The Morgan fingerprint density at radius 1 is 1.38 bits per heavy atom. The maximum atomic E-state index is 11.9. The summed E-state index contributed by atoms with van der Waals surface area (Å²) in [7, 11) is 0. The normalized spacial score (nSPS) is 15.1. The quantitative estimate of drug-likeness (QED) is 0.623. The summed E-state index contributed by atoms with van der Waals surface area (Å²) in [5.74, 6) is 0.0212. The molecule has 1 aliphatic heterocycles. The first kappa shape index (κ1) is 15.2. The second-order valence-corrected chi connectivity index (χ2v) is 4.82. The maximum Gasteiger partial charge on any atom is 0.310 e. The molecule has 8 nitrogen and oxygen atoms in total. The Morgan fingerprint density at radius 3 is 2.71 bits per heavy atom. The van der Waals surface area contributed by atoms with Gasteiger partial charge in [0.25, 0.3) is 0 Å².